The van der Waals surface area contributed by atoms with E-state index in [0.717, 1.165) is 0 Å². The fourth-order valence-electron chi connectivity index (χ4n) is 0.588. The highest BCUT2D eigenvalue weighted by Gasteiger charge is 2.04. The molecule has 0 amide bonds. The Morgan fingerprint density at radius 3 is 2.45 bits per heavy atom. The lowest BCUT2D eigenvalue weighted by Gasteiger charge is -2.06. The first-order valence-corrected chi connectivity index (χ1v) is 4.36. The third-order valence-electron chi connectivity index (χ3n) is 0.997. The minimum atomic E-state index is -1.89. The van der Waals surface area contributed by atoms with Gasteiger partial charge in [-0.2, -0.15) is 0 Å². The van der Waals surface area contributed by atoms with E-state index in [1.54, 1.807) is 24.3 Å². The topological polar surface area (TPSA) is 38.7 Å². The summed E-state index contributed by atoms with van der Waals surface area (Å²) in [6.45, 7) is 0. The number of hydrogen-bond donors (Lipinski definition) is 2. The van der Waals surface area contributed by atoms with Crippen molar-refractivity contribution in [2.45, 2.75) is 0 Å². The van der Waals surface area contributed by atoms with Gasteiger partial charge in [-0.25, -0.2) is 3.97 Å². The predicted octanol–water partition coefficient (Wildman–Crippen LogP) is 2.15. The van der Waals surface area contributed by atoms with Gasteiger partial charge in [0.2, 0.25) is 0 Å². The number of hydrogen-bond acceptors (Lipinski definition) is 4. The minimum absolute atomic E-state index is 0.565. The van der Waals surface area contributed by atoms with Crippen molar-refractivity contribution in [2.75, 3.05) is 0 Å². The lowest BCUT2D eigenvalue weighted by molar-refractivity contribution is 0.406. The zero-order valence-electron chi connectivity index (χ0n) is 5.54. The molecule has 1 aromatic rings. The van der Waals surface area contributed by atoms with Gasteiger partial charge in [0.05, 0.1) is 0 Å². The van der Waals surface area contributed by atoms with Crippen molar-refractivity contribution in [1.82, 2.24) is 0 Å². The normalized spacial score (nSPS) is 12.5. The molecule has 0 aliphatic rings. The van der Waals surface area contributed by atoms with Crippen LogP contribution in [0.4, 0.5) is 0 Å². The monoisotopic (exact) mass is 190 g/mol. The summed E-state index contributed by atoms with van der Waals surface area (Å²) < 4.78 is 9.13. The van der Waals surface area contributed by atoms with Crippen LogP contribution in [0.2, 0.25) is 0 Å². The maximum atomic E-state index is 8.86. The van der Waals surface area contributed by atoms with Crippen LogP contribution >= 0.6 is 21.5 Å². The van der Waals surface area contributed by atoms with E-state index >= 15 is 0 Å². The molecule has 0 saturated heterocycles. The molecular weight excluding hydrogens is 183 g/mol. The molecular formula is C6H7O3PS. The second kappa shape index (κ2) is 4.57. The summed E-state index contributed by atoms with van der Waals surface area (Å²) in [6, 6.07) is 8.90. The smallest absolute Gasteiger partial charge is 0.406 e. The van der Waals surface area contributed by atoms with Crippen LogP contribution in [0.5, 0.6) is 5.75 Å². The lowest BCUT2D eigenvalue weighted by atomic mass is 10.3. The SMILES string of the molecule is OP(OS)Oc1ccccc1. The van der Waals surface area contributed by atoms with E-state index in [0.29, 0.717) is 5.75 Å². The molecule has 0 aromatic heterocycles. The molecule has 3 nitrogen and oxygen atoms in total. The summed E-state index contributed by atoms with van der Waals surface area (Å²) >= 11 is 3.40. The van der Waals surface area contributed by atoms with Crippen molar-refractivity contribution < 1.29 is 13.4 Å². The van der Waals surface area contributed by atoms with Crippen molar-refractivity contribution in [2.24, 2.45) is 0 Å². The molecule has 0 radical (unpaired) electrons. The van der Waals surface area contributed by atoms with E-state index in [4.69, 9.17) is 9.42 Å². The van der Waals surface area contributed by atoms with Crippen molar-refractivity contribution >= 4 is 21.5 Å². The summed E-state index contributed by atoms with van der Waals surface area (Å²) in [4.78, 5) is 8.86. The van der Waals surface area contributed by atoms with Crippen LogP contribution in [-0.2, 0) is 3.97 Å². The Hall–Kier alpha value is -0.280. The van der Waals surface area contributed by atoms with Gasteiger partial charge in [0.1, 0.15) is 5.75 Å². The Balaban J connectivity index is 2.51. The summed E-state index contributed by atoms with van der Waals surface area (Å²) in [6.07, 6.45) is 0. The molecule has 11 heavy (non-hydrogen) atoms. The van der Waals surface area contributed by atoms with E-state index in [2.05, 4.69) is 16.9 Å². The first-order valence-electron chi connectivity index (χ1n) is 2.86. The Labute approximate surface area is 71.6 Å². The highest BCUT2D eigenvalue weighted by Crippen LogP contribution is 2.35. The average molecular weight is 190 g/mol. The second-order valence-corrected chi connectivity index (χ2v) is 3.04. The molecule has 1 rings (SSSR count). The number of para-hydroxylation sites is 1. The van der Waals surface area contributed by atoms with Gasteiger partial charge in [0.25, 0.3) is 0 Å². The third kappa shape index (κ3) is 3.08. The quantitative estimate of drug-likeness (QED) is 0.435. The first kappa shape index (κ1) is 8.81. The molecule has 1 atom stereocenters. The maximum absolute atomic E-state index is 8.86. The molecule has 0 heterocycles. The highest BCUT2D eigenvalue weighted by molar-refractivity contribution is 7.79. The Morgan fingerprint density at radius 2 is 1.91 bits per heavy atom. The molecule has 0 bridgehead atoms. The van der Waals surface area contributed by atoms with Crippen molar-refractivity contribution in [3.8, 4) is 5.75 Å². The van der Waals surface area contributed by atoms with Crippen LogP contribution in [0, 0.1) is 0 Å². The van der Waals surface area contributed by atoms with Gasteiger partial charge in [-0.05, 0) is 25.0 Å². The fraction of sp³-hybridized carbons (Fsp3) is 0. The average Bonchev–Trinajstić information content (AvgIpc) is 2.06. The van der Waals surface area contributed by atoms with Crippen molar-refractivity contribution in [3.05, 3.63) is 30.3 Å². The van der Waals surface area contributed by atoms with Gasteiger partial charge >= 0.3 is 8.60 Å². The molecule has 0 saturated carbocycles. The Bertz CT molecular complexity index is 206. The molecule has 0 spiro atoms. The van der Waals surface area contributed by atoms with Crippen LogP contribution in [0.3, 0.4) is 0 Å². The Kier molecular flexibility index (Phi) is 3.66. The van der Waals surface area contributed by atoms with E-state index in [-0.39, 0.29) is 0 Å². The minimum Gasteiger partial charge on any atom is -0.426 e. The first-order chi connectivity index (χ1) is 5.33. The van der Waals surface area contributed by atoms with E-state index < -0.39 is 8.60 Å². The van der Waals surface area contributed by atoms with Crippen LogP contribution in [-0.4, -0.2) is 4.89 Å². The summed E-state index contributed by atoms with van der Waals surface area (Å²) in [5, 5.41) is 0. The molecule has 60 valence electrons. The van der Waals surface area contributed by atoms with Gasteiger partial charge in [-0.15, -0.1) is 0 Å². The fourth-order valence-corrected chi connectivity index (χ4v) is 1.02. The molecule has 1 unspecified atom stereocenters. The molecule has 0 aliphatic carbocycles. The maximum Gasteiger partial charge on any atom is 0.406 e. The van der Waals surface area contributed by atoms with Crippen LogP contribution in [0.25, 0.3) is 0 Å². The molecule has 1 N–H and O–H groups in total. The molecule has 5 heteroatoms. The predicted molar refractivity (Wildman–Crippen MR) is 46.3 cm³/mol. The molecule has 0 aliphatic heterocycles. The van der Waals surface area contributed by atoms with E-state index in [1.165, 1.54) is 0 Å². The lowest BCUT2D eigenvalue weighted by Crippen LogP contribution is -1.84. The summed E-state index contributed by atoms with van der Waals surface area (Å²) in [7, 11) is -1.89. The highest BCUT2D eigenvalue weighted by atomic mass is 32.1. The number of rotatable bonds is 3. The molecule has 0 fully saturated rings. The van der Waals surface area contributed by atoms with E-state index in [9.17, 15) is 0 Å². The number of thiol groups is 1. The standard InChI is InChI=1S/C6H7O3PS/c7-10(9-11)8-6-4-2-1-3-5-6/h1-5,7,11H. The van der Waals surface area contributed by atoms with Crippen molar-refractivity contribution in [3.63, 3.8) is 0 Å². The van der Waals surface area contributed by atoms with E-state index in [1.807, 2.05) is 6.07 Å². The van der Waals surface area contributed by atoms with Gasteiger partial charge in [-0.3, -0.25) is 0 Å². The summed E-state index contributed by atoms with van der Waals surface area (Å²) in [5.41, 5.74) is 0. The van der Waals surface area contributed by atoms with Gasteiger partial charge in [0, 0.05) is 0 Å². The van der Waals surface area contributed by atoms with Gasteiger partial charge < -0.3 is 9.42 Å². The van der Waals surface area contributed by atoms with Gasteiger partial charge in [-0.1, -0.05) is 18.2 Å². The largest absolute Gasteiger partial charge is 0.426 e. The van der Waals surface area contributed by atoms with Crippen LogP contribution < -0.4 is 4.52 Å². The number of benzene rings is 1. The summed E-state index contributed by atoms with van der Waals surface area (Å²) in [5.74, 6) is 0.565. The zero-order chi connectivity index (χ0) is 8.10. The second-order valence-electron chi connectivity index (χ2n) is 1.72. The Morgan fingerprint density at radius 1 is 1.27 bits per heavy atom. The van der Waals surface area contributed by atoms with Crippen LogP contribution in [0.1, 0.15) is 0 Å². The zero-order valence-corrected chi connectivity index (χ0v) is 7.33. The van der Waals surface area contributed by atoms with Crippen molar-refractivity contribution in [1.29, 1.82) is 0 Å². The van der Waals surface area contributed by atoms with Crippen LogP contribution in [0.15, 0.2) is 30.3 Å². The molecule has 1 aromatic carbocycles. The van der Waals surface area contributed by atoms with Gasteiger partial charge in [0.15, 0.2) is 0 Å². The third-order valence-corrected chi connectivity index (χ3v) is 1.92.